The molecule has 1 saturated heterocycles. The van der Waals surface area contributed by atoms with E-state index in [0.717, 1.165) is 17.1 Å². The summed E-state index contributed by atoms with van der Waals surface area (Å²) in [6, 6.07) is 5.67. The maximum Gasteiger partial charge on any atom is 0.480 e. The second-order valence-corrected chi connectivity index (χ2v) is 6.26. The van der Waals surface area contributed by atoms with E-state index in [-0.39, 0.29) is 23.9 Å². The number of hydrogen-bond acceptors (Lipinski definition) is 5. The zero-order valence-corrected chi connectivity index (χ0v) is 12.3. The molecule has 3 rings (SSSR count). The van der Waals surface area contributed by atoms with Gasteiger partial charge in [-0.2, -0.15) is 0 Å². The molecule has 0 spiro atoms. The van der Waals surface area contributed by atoms with Crippen molar-refractivity contribution in [3.8, 4) is 11.5 Å². The zero-order chi connectivity index (χ0) is 14.5. The third-order valence-electron chi connectivity index (χ3n) is 4.35. The van der Waals surface area contributed by atoms with Crippen LogP contribution in [0.3, 0.4) is 0 Å². The molecule has 2 N–H and O–H groups in total. The monoisotopic (exact) mass is 277 g/mol. The van der Waals surface area contributed by atoms with Crippen LogP contribution in [-0.2, 0) is 9.31 Å². The minimum atomic E-state index is -0.472. The SMILES string of the molecule is CC1(C)OB([C@@H](N)c2ccc3c(c2)OCO3)OC1(C)C. The van der Waals surface area contributed by atoms with Crippen LogP contribution in [0.15, 0.2) is 18.2 Å². The number of nitrogens with two attached hydrogens (primary N) is 1. The predicted molar refractivity (Wildman–Crippen MR) is 75.6 cm³/mol. The van der Waals surface area contributed by atoms with Gasteiger partial charge in [-0.15, -0.1) is 0 Å². The Morgan fingerprint density at radius 3 is 2.30 bits per heavy atom. The van der Waals surface area contributed by atoms with Crippen molar-refractivity contribution in [2.24, 2.45) is 5.73 Å². The highest BCUT2D eigenvalue weighted by Crippen LogP contribution is 2.41. The second-order valence-electron chi connectivity index (χ2n) is 6.26. The van der Waals surface area contributed by atoms with Crippen molar-refractivity contribution in [1.29, 1.82) is 0 Å². The van der Waals surface area contributed by atoms with Gasteiger partial charge < -0.3 is 24.5 Å². The van der Waals surface area contributed by atoms with Gasteiger partial charge in [0.25, 0.3) is 0 Å². The number of fused-ring (bicyclic) bond motifs is 1. The molecular weight excluding hydrogens is 257 g/mol. The molecule has 2 aliphatic heterocycles. The summed E-state index contributed by atoms with van der Waals surface area (Å²) in [5.74, 6) is 1.09. The quantitative estimate of drug-likeness (QED) is 0.838. The Morgan fingerprint density at radius 2 is 1.65 bits per heavy atom. The van der Waals surface area contributed by atoms with Gasteiger partial charge in [-0.25, -0.2) is 0 Å². The Bertz CT molecular complexity index is 516. The van der Waals surface area contributed by atoms with Crippen LogP contribution in [-0.4, -0.2) is 25.1 Å². The molecule has 20 heavy (non-hydrogen) atoms. The van der Waals surface area contributed by atoms with Crippen molar-refractivity contribution in [2.75, 3.05) is 6.79 Å². The maximum absolute atomic E-state index is 6.29. The van der Waals surface area contributed by atoms with Crippen molar-refractivity contribution in [3.63, 3.8) is 0 Å². The third kappa shape index (κ3) is 2.08. The summed E-state index contributed by atoms with van der Waals surface area (Å²) in [7, 11) is -0.472. The predicted octanol–water partition coefficient (Wildman–Crippen LogP) is 2.05. The molecule has 108 valence electrons. The molecule has 0 aromatic heterocycles. The average molecular weight is 277 g/mol. The molecule has 0 bridgehead atoms. The Balaban J connectivity index is 1.82. The fraction of sp³-hybridized carbons (Fsp3) is 0.571. The first-order valence-corrected chi connectivity index (χ1v) is 6.81. The molecule has 5 nitrogen and oxygen atoms in total. The molecule has 1 aromatic rings. The lowest BCUT2D eigenvalue weighted by atomic mass is 9.75. The zero-order valence-electron chi connectivity index (χ0n) is 12.3. The van der Waals surface area contributed by atoms with Crippen LogP contribution in [0, 0.1) is 0 Å². The van der Waals surface area contributed by atoms with E-state index in [1.165, 1.54) is 0 Å². The summed E-state index contributed by atoms with van der Waals surface area (Å²) in [6.07, 6.45) is 0. The molecule has 2 heterocycles. The average Bonchev–Trinajstić information content (AvgIpc) is 2.90. The van der Waals surface area contributed by atoms with E-state index in [2.05, 4.69) is 0 Å². The topological polar surface area (TPSA) is 62.9 Å². The molecule has 1 aromatic carbocycles. The molecule has 0 radical (unpaired) electrons. The maximum atomic E-state index is 6.29. The van der Waals surface area contributed by atoms with Crippen LogP contribution in [0.2, 0.25) is 0 Å². The van der Waals surface area contributed by atoms with E-state index in [0.29, 0.717) is 0 Å². The van der Waals surface area contributed by atoms with Gasteiger partial charge in [0.1, 0.15) is 0 Å². The van der Waals surface area contributed by atoms with E-state index in [4.69, 9.17) is 24.5 Å². The second kappa shape index (κ2) is 4.38. The first-order chi connectivity index (χ1) is 9.30. The molecule has 0 saturated carbocycles. The van der Waals surface area contributed by atoms with Gasteiger partial charge in [0.05, 0.1) is 17.1 Å². The summed E-state index contributed by atoms with van der Waals surface area (Å²) in [5, 5.41) is 0. The molecule has 0 aliphatic carbocycles. The third-order valence-corrected chi connectivity index (χ3v) is 4.35. The van der Waals surface area contributed by atoms with Crippen molar-refractivity contribution in [1.82, 2.24) is 0 Å². The normalized spacial score (nSPS) is 23.9. The number of rotatable bonds is 2. The van der Waals surface area contributed by atoms with Crippen molar-refractivity contribution in [3.05, 3.63) is 23.8 Å². The summed E-state index contributed by atoms with van der Waals surface area (Å²) >= 11 is 0. The molecule has 2 aliphatic rings. The molecule has 6 heteroatoms. The van der Waals surface area contributed by atoms with Gasteiger partial charge >= 0.3 is 7.12 Å². The number of benzene rings is 1. The highest BCUT2D eigenvalue weighted by Gasteiger charge is 2.53. The van der Waals surface area contributed by atoms with Gasteiger partial charge in [-0.05, 0) is 45.4 Å². The first kappa shape index (κ1) is 13.7. The van der Waals surface area contributed by atoms with Crippen molar-refractivity contribution in [2.45, 2.75) is 44.8 Å². The van der Waals surface area contributed by atoms with E-state index in [1.807, 2.05) is 45.9 Å². The van der Waals surface area contributed by atoms with E-state index < -0.39 is 7.12 Å². The number of ether oxygens (including phenoxy) is 2. The van der Waals surface area contributed by atoms with Gasteiger partial charge in [0, 0.05) is 0 Å². The lowest BCUT2D eigenvalue weighted by Crippen LogP contribution is -2.41. The Morgan fingerprint density at radius 1 is 1.05 bits per heavy atom. The summed E-state index contributed by atoms with van der Waals surface area (Å²) in [6.45, 7) is 8.31. The van der Waals surface area contributed by atoms with Crippen molar-refractivity contribution >= 4 is 7.12 Å². The highest BCUT2D eigenvalue weighted by molar-refractivity contribution is 6.47. The van der Waals surface area contributed by atoms with Crippen LogP contribution in [0.5, 0.6) is 11.5 Å². The van der Waals surface area contributed by atoms with Crippen LogP contribution >= 0.6 is 0 Å². The lowest BCUT2D eigenvalue weighted by molar-refractivity contribution is 0.00578. The fourth-order valence-electron chi connectivity index (χ4n) is 2.31. The fourth-order valence-corrected chi connectivity index (χ4v) is 2.31. The van der Waals surface area contributed by atoms with Crippen LogP contribution in [0.1, 0.15) is 39.2 Å². The molecule has 1 fully saturated rings. The molecule has 1 atom stereocenters. The molecule has 0 amide bonds. The Hall–Kier alpha value is -1.24. The lowest BCUT2D eigenvalue weighted by Gasteiger charge is -2.32. The van der Waals surface area contributed by atoms with Crippen LogP contribution in [0.25, 0.3) is 0 Å². The van der Waals surface area contributed by atoms with E-state index in [1.54, 1.807) is 0 Å². The Kier molecular flexibility index (Phi) is 3.01. The van der Waals surface area contributed by atoms with Gasteiger partial charge in [0.2, 0.25) is 6.79 Å². The largest absolute Gasteiger partial charge is 0.480 e. The van der Waals surface area contributed by atoms with Crippen molar-refractivity contribution < 1.29 is 18.8 Å². The number of hydrogen-bond donors (Lipinski definition) is 1. The highest BCUT2D eigenvalue weighted by atomic mass is 16.7. The Labute approximate surface area is 119 Å². The molecular formula is C14H20BNO4. The minimum absolute atomic E-state index is 0.254. The van der Waals surface area contributed by atoms with Crippen LogP contribution < -0.4 is 15.2 Å². The summed E-state index contributed by atoms with van der Waals surface area (Å²) in [4.78, 5) is 0. The first-order valence-electron chi connectivity index (χ1n) is 6.81. The van der Waals surface area contributed by atoms with Crippen LogP contribution in [0.4, 0.5) is 0 Å². The smallest absolute Gasteiger partial charge is 0.454 e. The van der Waals surface area contributed by atoms with E-state index >= 15 is 0 Å². The van der Waals surface area contributed by atoms with Gasteiger partial charge in [-0.1, -0.05) is 6.07 Å². The minimum Gasteiger partial charge on any atom is -0.454 e. The van der Waals surface area contributed by atoms with E-state index in [9.17, 15) is 0 Å². The standard InChI is InChI=1S/C14H20BNO4/c1-13(2)14(3,4)20-15(19-13)12(16)9-5-6-10-11(7-9)18-8-17-10/h5-7,12H,8,16H2,1-4H3/t12-/m0/s1. The van der Waals surface area contributed by atoms with Gasteiger partial charge in [-0.3, -0.25) is 0 Å². The summed E-state index contributed by atoms with van der Waals surface area (Å²) < 4.78 is 22.6. The molecule has 0 unspecified atom stereocenters. The van der Waals surface area contributed by atoms with Gasteiger partial charge in [0.15, 0.2) is 11.5 Å². The summed E-state index contributed by atoms with van der Waals surface area (Å²) in [5.41, 5.74) is 6.43.